The molecule has 1 unspecified atom stereocenters. The van der Waals surface area contributed by atoms with Gasteiger partial charge < -0.3 is 8.94 Å². The predicted octanol–water partition coefficient (Wildman–Crippen LogP) is 3.73. The van der Waals surface area contributed by atoms with E-state index in [1.54, 1.807) is 32.0 Å². The van der Waals surface area contributed by atoms with Gasteiger partial charge in [0.2, 0.25) is 0 Å². The summed E-state index contributed by atoms with van der Waals surface area (Å²) in [5, 5.41) is 0.813. The summed E-state index contributed by atoms with van der Waals surface area (Å²) in [6, 6.07) is 6.41. The summed E-state index contributed by atoms with van der Waals surface area (Å²) in [4.78, 5) is 11.4. The van der Waals surface area contributed by atoms with Crippen molar-refractivity contribution in [3.05, 3.63) is 40.2 Å². The summed E-state index contributed by atoms with van der Waals surface area (Å²) < 4.78 is 27.9. The normalized spacial score (nSPS) is 14.4. The van der Waals surface area contributed by atoms with E-state index in [1.165, 1.54) is 12.7 Å². The van der Waals surface area contributed by atoms with E-state index in [9.17, 15) is 9.36 Å². The molecular weight excluding hydrogens is 279 g/mol. The standard InChI is InChI=1S/C14H17O5P/c1-9(2)18-20(4,16)19-11-5-6-12-10(3)7-14(15)17-13(12)8-11/h5-9H,1-4H3. The molecular formula is C14H17O5P. The lowest BCUT2D eigenvalue weighted by Gasteiger charge is -2.17. The number of aryl methyl sites for hydroxylation is 1. The summed E-state index contributed by atoms with van der Waals surface area (Å²) in [5.41, 5.74) is 0.795. The van der Waals surface area contributed by atoms with Gasteiger partial charge in [0.1, 0.15) is 11.3 Å². The summed E-state index contributed by atoms with van der Waals surface area (Å²) in [6.07, 6.45) is -0.202. The second-order valence-electron chi connectivity index (χ2n) is 4.92. The lowest BCUT2D eigenvalue weighted by Crippen LogP contribution is -2.04. The maximum Gasteiger partial charge on any atom is 0.376 e. The maximum atomic E-state index is 12.1. The molecule has 108 valence electrons. The van der Waals surface area contributed by atoms with Crippen molar-refractivity contribution in [2.24, 2.45) is 0 Å². The minimum atomic E-state index is -3.19. The van der Waals surface area contributed by atoms with Crippen molar-refractivity contribution in [3.8, 4) is 5.75 Å². The van der Waals surface area contributed by atoms with Crippen molar-refractivity contribution < 1.29 is 18.0 Å². The Bertz CT molecular complexity index is 732. The molecule has 0 N–H and O–H groups in total. The number of rotatable bonds is 4. The number of fused-ring (bicyclic) bond motifs is 1. The van der Waals surface area contributed by atoms with Gasteiger partial charge in [0, 0.05) is 24.2 Å². The first kappa shape index (κ1) is 14.8. The van der Waals surface area contributed by atoms with E-state index in [0.29, 0.717) is 11.3 Å². The minimum Gasteiger partial charge on any atom is -0.424 e. The molecule has 2 rings (SSSR count). The average molecular weight is 296 g/mol. The van der Waals surface area contributed by atoms with Gasteiger partial charge in [-0.3, -0.25) is 4.52 Å². The maximum absolute atomic E-state index is 12.1. The van der Waals surface area contributed by atoms with E-state index in [-0.39, 0.29) is 6.10 Å². The van der Waals surface area contributed by atoms with Gasteiger partial charge in [-0.25, -0.2) is 9.36 Å². The van der Waals surface area contributed by atoms with Crippen molar-refractivity contribution in [2.75, 3.05) is 6.66 Å². The van der Waals surface area contributed by atoms with E-state index < -0.39 is 13.2 Å². The third-order valence-electron chi connectivity index (χ3n) is 2.60. The predicted molar refractivity (Wildman–Crippen MR) is 77.6 cm³/mol. The zero-order chi connectivity index (χ0) is 14.9. The van der Waals surface area contributed by atoms with Gasteiger partial charge in [0.25, 0.3) is 0 Å². The van der Waals surface area contributed by atoms with Crippen LogP contribution in [0.2, 0.25) is 0 Å². The molecule has 0 aliphatic carbocycles. The summed E-state index contributed by atoms with van der Waals surface area (Å²) >= 11 is 0. The smallest absolute Gasteiger partial charge is 0.376 e. The van der Waals surface area contributed by atoms with Crippen molar-refractivity contribution in [1.29, 1.82) is 0 Å². The summed E-state index contributed by atoms with van der Waals surface area (Å²) in [7, 11) is -3.19. The first-order valence-electron chi connectivity index (χ1n) is 6.27. The number of benzene rings is 1. The van der Waals surface area contributed by atoms with Gasteiger partial charge in [0.05, 0.1) is 6.10 Å². The largest absolute Gasteiger partial charge is 0.424 e. The molecule has 0 saturated heterocycles. The first-order valence-corrected chi connectivity index (χ1v) is 8.26. The van der Waals surface area contributed by atoms with Crippen LogP contribution in [0.5, 0.6) is 5.75 Å². The molecule has 1 aromatic carbocycles. The Hall–Kier alpha value is -1.58. The summed E-state index contributed by atoms with van der Waals surface area (Å²) in [6.45, 7) is 6.79. The third-order valence-corrected chi connectivity index (χ3v) is 3.94. The molecule has 20 heavy (non-hydrogen) atoms. The van der Waals surface area contributed by atoms with Crippen LogP contribution >= 0.6 is 7.60 Å². The lowest BCUT2D eigenvalue weighted by molar-refractivity contribution is 0.213. The van der Waals surface area contributed by atoms with Gasteiger partial charge >= 0.3 is 13.2 Å². The van der Waals surface area contributed by atoms with Gasteiger partial charge in [-0.05, 0) is 38.5 Å². The lowest BCUT2D eigenvalue weighted by atomic mass is 10.1. The highest BCUT2D eigenvalue weighted by Crippen LogP contribution is 2.45. The van der Waals surface area contributed by atoms with E-state index in [4.69, 9.17) is 13.5 Å². The highest BCUT2D eigenvalue weighted by molar-refractivity contribution is 7.53. The number of hydrogen-bond donors (Lipinski definition) is 0. The van der Waals surface area contributed by atoms with Gasteiger partial charge in [-0.15, -0.1) is 0 Å². The van der Waals surface area contributed by atoms with Crippen LogP contribution < -0.4 is 10.1 Å². The molecule has 0 saturated carbocycles. The van der Waals surface area contributed by atoms with Gasteiger partial charge in [-0.1, -0.05) is 0 Å². The average Bonchev–Trinajstić information content (AvgIpc) is 2.24. The Morgan fingerprint density at radius 2 is 1.95 bits per heavy atom. The zero-order valence-electron chi connectivity index (χ0n) is 11.9. The van der Waals surface area contributed by atoms with Crippen molar-refractivity contribution in [1.82, 2.24) is 0 Å². The SMILES string of the molecule is Cc1cc(=O)oc2cc(OP(C)(=O)OC(C)C)ccc12. The van der Waals surface area contributed by atoms with Crippen LogP contribution in [0.1, 0.15) is 19.4 Å². The van der Waals surface area contributed by atoms with Crippen LogP contribution in [0.4, 0.5) is 0 Å². The number of hydrogen-bond acceptors (Lipinski definition) is 5. The highest BCUT2D eigenvalue weighted by Gasteiger charge is 2.20. The Morgan fingerprint density at radius 1 is 1.25 bits per heavy atom. The molecule has 6 heteroatoms. The van der Waals surface area contributed by atoms with Crippen LogP contribution in [0.15, 0.2) is 33.5 Å². The van der Waals surface area contributed by atoms with Crippen molar-refractivity contribution in [2.45, 2.75) is 26.9 Å². The fraction of sp³-hybridized carbons (Fsp3) is 0.357. The van der Waals surface area contributed by atoms with E-state index >= 15 is 0 Å². The molecule has 0 spiro atoms. The minimum absolute atomic E-state index is 0.202. The van der Waals surface area contributed by atoms with Crippen LogP contribution in [-0.4, -0.2) is 12.8 Å². The molecule has 0 amide bonds. The second-order valence-corrected chi connectivity index (χ2v) is 6.86. The zero-order valence-corrected chi connectivity index (χ0v) is 12.8. The second kappa shape index (κ2) is 5.43. The molecule has 5 nitrogen and oxygen atoms in total. The Balaban J connectivity index is 2.37. The Morgan fingerprint density at radius 3 is 2.60 bits per heavy atom. The first-order chi connectivity index (χ1) is 9.27. The fourth-order valence-electron chi connectivity index (χ4n) is 1.96. The third kappa shape index (κ3) is 3.50. The van der Waals surface area contributed by atoms with Crippen LogP contribution in [0.3, 0.4) is 0 Å². The summed E-state index contributed by atoms with van der Waals surface area (Å²) in [5.74, 6) is 0.345. The topological polar surface area (TPSA) is 65.7 Å². The molecule has 0 bridgehead atoms. The highest BCUT2D eigenvalue weighted by atomic mass is 31.2. The van der Waals surface area contributed by atoms with E-state index in [0.717, 1.165) is 10.9 Å². The molecule has 0 fully saturated rings. The molecule has 1 atom stereocenters. The Labute approximate surface area is 117 Å². The molecule has 2 aromatic rings. The van der Waals surface area contributed by atoms with Crippen LogP contribution in [0, 0.1) is 6.92 Å². The van der Waals surface area contributed by atoms with Gasteiger partial charge in [0.15, 0.2) is 0 Å². The molecule has 0 radical (unpaired) electrons. The molecule has 1 heterocycles. The van der Waals surface area contributed by atoms with Crippen molar-refractivity contribution >= 4 is 18.6 Å². The quantitative estimate of drug-likeness (QED) is 0.635. The van der Waals surface area contributed by atoms with E-state index in [1.807, 2.05) is 6.92 Å². The van der Waals surface area contributed by atoms with E-state index in [2.05, 4.69) is 0 Å². The van der Waals surface area contributed by atoms with Gasteiger partial charge in [-0.2, -0.15) is 0 Å². The molecule has 0 aliphatic rings. The molecule has 1 aromatic heterocycles. The van der Waals surface area contributed by atoms with Crippen molar-refractivity contribution in [3.63, 3.8) is 0 Å². The molecule has 0 aliphatic heterocycles. The van der Waals surface area contributed by atoms with Crippen LogP contribution in [-0.2, 0) is 9.09 Å². The van der Waals surface area contributed by atoms with Crippen LogP contribution in [0.25, 0.3) is 11.0 Å². The monoisotopic (exact) mass is 296 g/mol. The fourth-order valence-corrected chi connectivity index (χ4v) is 3.26. The Kier molecular flexibility index (Phi) is 4.02.